The molecule has 0 aliphatic carbocycles. The number of alkyl halides is 6. The first-order valence-corrected chi connectivity index (χ1v) is 8.26. The van der Waals surface area contributed by atoms with Gasteiger partial charge in [0.15, 0.2) is 0 Å². The molecule has 1 aromatic heterocycles. The predicted octanol–water partition coefficient (Wildman–Crippen LogP) is 5.89. The third kappa shape index (κ3) is 4.05. The van der Waals surface area contributed by atoms with Crippen LogP contribution in [-0.4, -0.2) is 16.9 Å². The third-order valence-corrected chi connectivity index (χ3v) is 4.34. The van der Waals surface area contributed by atoms with Crippen molar-refractivity contribution in [1.29, 1.82) is 0 Å². The molecule has 0 bridgehead atoms. The number of aromatic nitrogens is 2. The van der Waals surface area contributed by atoms with Crippen molar-refractivity contribution in [3.05, 3.63) is 57.7 Å². The highest BCUT2D eigenvalue weighted by Crippen LogP contribution is 2.38. The van der Waals surface area contributed by atoms with Gasteiger partial charge in [-0.3, -0.25) is 4.68 Å². The molecule has 3 aromatic rings. The lowest BCUT2D eigenvalue weighted by atomic mass is 10.0. The standard InChI is InChI=1S/C17H11BrF6N2O/c1-27-14-6-12(18)4-10-8-26(25-15(10)14)7-9-2-3-11(16(19,20)21)5-13(9)17(22,23)24/h2-6,8H,7H2,1H3. The summed E-state index contributed by atoms with van der Waals surface area (Å²) in [5.74, 6) is 0.418. The number of fused-ring (bicyclic) bond motifs is 1. The van der Waals surface area contributed by atoms with Crippen LogP contribution in [0.15, 0.2) is 41.0 Å². The summed E-state index contributed by atoms with van der Waals surface area (Å²) in [6, 6.07) is 4.93. The van der Waals surface area contributed by atoms with E-state index in [4.69, 9.17) is 4.74 Å². The van der Waals surface area contributed by atoms with E-state index in [0.717, 1.165) is 6.07 Å². The van der Waals surface area contributed by atoms with E-state index in [-0.39, 0.29) is 18.2 Å². The summed E-state index contributed by atoms with van der Waals surface area (Å²) >= 11 is 3.29. The second kappa shape index (κ2) is 6.74. The molecule has 0 N–H and O–H groups in total. The molecule has 10 heteroatoms. The molecule has 3 nitrogen and oxygen atoms in total. The molecule has 0 unspecified atom stereocenters. The number of nitrogens with zero attached hydrogens (tertiary/aromatic N) is 2. The van der Waals surface area contributed by atoms with Gasteiger partial charge in [-0.25, -0.2) is 0 Å². The van der Waals surface area contributed by atoms with Crippen molar-refractivity contribution in [2.45, 2.75) is 18.9 Å². The minimum atomic E-state index is -4.93. The normalized spacial score (nSPS) is 12.6. The summed E-state index contributed by atoms with van der Waals surface area (Å²) < 4.78 is 85.3. The molecule has 0 amide bonds. The zero-order chi connectivity index (χ0) is 20.0. The minimum Gasteiger partial charge on any atom is -0.494 e. The van der Waals surface area contributed by atoms with Gasteiger partial charge >= 0.3 is 12.4 Å². The second-order valence-corrected chi connectivity index (χ2v) is 6.66. The van der Waals surface area contributed by atoms with Gasteiger partial charge in [0.2, 0.25) is 0 Å². The monoisotopic (exact) mass is 452 g/mol. The van der Waals surface area contributed by atoms with Crippen LogP contribution >= 0.6 is 15.9 Å². The first kappa shape index (κ1) is 19.5. The van der Waals surface area contributed by atoms with Gasteiger partial charge in [0, 0.05) is 16.1 Å². The summed E-state index contributed by atoms with van der Waals surface area (Å²) in [5, 5.41) is 4.81. The Morgan fingerprint density at radius 2 is 1.74 bits per heavy atom. The first-order chi connectivity index (χ1) is 12.5. The Balaban J connectivity index is 2.06. The largest absolute Gasteiger partial charge is 0.494 e. The lowest BCUT2D eigenvalue weighted by Crippen LogP contribution is -2.15. The molecule has 0 atom stereocenters. The number of hydrogen-bond donors (Lipinski definition) is 0. The van der Waals surface area contributed by atoms with Crippen molar-refractivity contribution in [3.8, 4) is 5.75 Å². The average Bonchev–Trinajstić information content (AvgIpc) is 2.94. The summed E-state index contributed by atoms with van der Waals surface area (Å²) in [6.07, 6.45) is -8.29. The highest BCUT2D eigenvalue weighted by molar-refractivity contribution is 9.10. The second-order valence-electron chi connectivity index (χ2n) is 5.74. The smallest absolute Gasteiger partial charge is 0.416 e. The Morgan fingerprint density at radius 1 is 1.04 bits per heavy atom. The van der Waals surface area contributed by atoms with Gasteiger partial charge in [-0.05, 0) is 29.8 Å². The van der Waals surface area contributed by atoms with Crippen LogP contribution in [-0.2, 0) is 18.9 Å². The Hall–Kier alpha value is -2.23. The summed E-state index contributed by atoms with van der Waals surface area (Å²) in [7, 11) is 1.43. The van der Waals surface area contributed by atoms with Crippen molar-refractivity contribution >= 4 is 26.8 Å². The van der Waals surface area contributed by atoms with E-state index in [9.17, 15) is 26.3 Å². The number of benzene rings is 2. The van der Waals surface area contributed by atoms with Crippen LogP contribution < -0.4 is 4.74 Å². The van der Waals surface area contributed by atoms with Crippen molar-refractivity contribution in [1.82, 2.24) is 9.78 Å². The van der Waals surface area contributed by atoms with Gasteiger partial charge in [-0.2, -0.15) is 31.4 Å². The quantitative estimate of drug-likeness (QED) is 0.463. The van der Waals surface area contributed by atoms with E-state index in [0.29, 0.717) is 27.2 Å². The van der Waals surface area contributed by atoms with Crippen LogP contribution in [0, 0.1) is 0 Å². The van der Waals surface area contributed by atoms with Crippen molar-refractivity contribution in [2.75, 3.05) is 7.11 Å². The highest BCUT2D eigenvalue weighted by atomic mass is 79.9. The number of halogens is 7. The predicted molar refractivity (Wildman–Crippen MR) is 89.5 cm³/mol. The third-order valence-electron chi connectivity index (χ3n) is 3.88. The zero-order valence-electron chi connectivity index (χ0n) is 13.6. The fourth-order valence-corrected chi connectivity index (χ4v) is 3.14. The van der Waals surface area contributed by atoms with E-state index in [1.165, 1.54) is 18.0 Å². The van der Waals surface area contributed by atoms with Crippen molar-refractivity contribution < 1.29 is 31.1 Å². The lowest BCUT2D eigenvalue weighted by molar-refractivity contribution is -0.143. The van der Waals surface area contributed by atoms with Crippen LogP contribution in [0.25, 0.3) is 10.9 Å². The van der Waals surface area contributed by atoms with Crippen LogP contribution in [0.5, 0.6) is 5.75 Å². The molecular formula is C17H11BrF6N2O. The lowest BCUT2D eigenvalue weighted by Gasteiger charge is -2.16. The summed E-state index contributed by atoms with van der Waals surface area (Å²) in [5.41, 5.74) is -2.58. The molecule has 0 spiro atoms. The van der Waals surface area contributed by atoms with Crippen LogP contribution in [0.4, 0.5) is 26.3 Å². The maximum atomic E-state index is 13.3. The molecule has 0 saturated carbocycles. The zero-order valence-corrected chi connectivity index (χ0v) is 15.2. The molecule has 0 saturated heterocycles. The maximum absolute atomic E-state index is 13.3. The van der Waals surface area contributed by atoms with Crippen LogP contribution in [0.3, 0.4) is 0 Å². The molecule has 1 heterocycles. The Morgan fingerprint density at radius 3 is 2.33 bits per heavy atom. The number of methoxy groups -OCH3 is 1. The number of rotatable bonds is 3. The topological polar surface area (TPSA) is 27.1 Å². The Bertz CT molecular complexity index is 993. The molecule has 2 aromatic carbocycles. The maximum Gasteiger partial charge on any atom is 0.416 e. The summed E-state index contributed by atoms with van der Waals surface area (Å²) in [6.45, 7) is -0.345. The highest BCUT2D eigenvalue weighted by Gasteiger charge is 2.38. The van der Waals surface area contributed by atoms with Gasteiger partial charge in [-0.15, -0.1) is 0 Å². The van der Waals surface area contributed by atoms with E-state index >= 15 is 0 Å². The molecule has 3 rings (SSSR count). The molecular weight excluding hydrogens is 442 g/mol. The molecule has 0 radical (unpaired) electrons. The molecule has 0 aliphatic rings. The molecule has 27 heavy (non-hydrogen) atoms. The Labute approximate surface area is 157 Å². The molecule has 144 valence electrons. The van der Waals surface area contributed by atoms with Gasteiger partial charge < -0.3 is 4.74 Å². The van der Waals surface area contributed by atoms with E-state index in [1.807, 2.05) is 0 Å². The van der Waals surface area contributed by atoms with E-state index in [2.05, 4.69) is 21.0 Å². The van der Waals surface area contributed by atoms with Gasteiger partial charge in [-0.1, -0.05) is 22.0 Å². The van der Waals surface area contributed by atoms with Crippen molar-refractivity contribution in [2.24, 2.45) is 0 Å². The molecule has 0 aliphatic heterocycles. The Kier molecular flexibility index (Phi) is 4.87. The van der Waals surface area contributed by atoms with Crippen molar-refractivity contribution in [3.63, 3.8) is 0 Å². The first-order valence-electron chi connectivity index (χ1n) is 7.47. The SMILES string of the molecule is COc1cc(Br)cc2cn(Cc3ccc(C(F)(F)F)cc3C(F)(F)F)nc12. The fourth-order valence-electron chi connectivity index (χ4n) is 2.68. The van der Waals surface area contributed by atoms with Gasteiger partial charge in [0.25, 0.3) is 0 Å². The number of ether oxygens (including phenoxy) is 1. The minimum absolute atomic E-state index is 0.121. The fraction of sp³-hybridized carbons (Fsp3) is 0.235. The van der Waals surface area contributed by atoms with E-state index < -0.39 is 23.5 Å². The molecule has 0 fully saturated rings. The average molecular weight is 453 g/mol. The van der Waals surface area contributed by atoms with E-state index in [1.54, 1.807) is 12.1 Å². The van der Waals surface area contributed by atoms with Gasteiger partial charge in [0.05, 0.1) is 24.8 Å². The van der Waals surface area contributed by atoms with Crippen LogP contribution in [0.2, 0.25) is 0 Å². The number of hydrogen-bond acceptors (Lipinski definition) is 2. The summed E-state index contributed by atoms with van der Waals surface area (Å²) in [4.78, 5) is 0. The van der Waals surface area contributed by atoms with Crippen LogP contribution in [0.1, 0.15) is 16.7 Å². The van der Waals surface area contributed by atoms with Gasteiger partial charge in [0.1, 0.15) is 11.3 Å².